The van der Waals surface area contributed by atoms with E-state index in [4.69, 9.17) is 5.73 Å². The summed E-state index contributed by atoms with van der Waals surface area (Å²) in [6.07, 6.45) is 3.28. The molecule has 0 spiro atoms. The van der Waals surface area contributed by atoms with Crippen molar-refractivity contribution in [2.45, 2.75) is 0 Å². The Labute approximate surface area is 61.0 Å². The van der Waals surface area contributed by atoms with Crippen molar-refractivity contribution in [2.75, 3.05) is 0 Å². The van der Waals surface area contributed by atoms with E-state index in [-0.39, 0.29) is 5.91 Å². The molecule has 0 aliphatic carbocycles. The fourth-order valence-electron chi connectivity index (χ4n) is 0.418. The van der Waals surface area contributed by atoms with Crippen molar-refractivity contribution in [3.63, 3.8) is 0 Å². The molecule has 48 valence electrons. The van der Waals surface area contributed by atoms with E-state index in [1.54, 1.807) is 10.8 Å². The second-order valence-corrected chi connectivity index (χ2v) is 3.61. The number of amides is 1. The lowest BCUT2D eigenvalue weighted by molar-refractivity contribution is -0.113. The van der Waals surface area contributed by atoms with Gasteiger partial charge in [0.25, 0.3) is 0 Å². The second-order valence-electron chi connectivity index (χ2n) is 1.43. The minimum Gasteiger partial charge on any atom is -0.366 e. The molecule has 0 unspecified atom stereocenters. The third-order valence-corrected chi connectivity index (χ3v) is 2.71. The monoisotopic (exact) mass is 159 g/mol. The van der Waals surface area contributed by atoms with E-state index in [0.717, 1.165) is 4.91 Å². The molecule has 0 aromatic carbocycles. The van der Waals surface area contributed by atoms with E-state index < -0.39 is 0 Å². The number of allylic oxidation sites excluding steroid dienone is 1. The van der Waals surface area contributed by atoms with E-state index in [1.807, 2.05) is 11.5 Å². The predicted molar refractivity (Wildman–Crippen MR) is 41.6 cm³/mol. The molecule has 4 heteroatoms. The van der Waals surface area contributed by atoms with E-state index in [9.17, 15) is 4.79 Å². The minimum atomic E-state index is -0.385. The molecule has 1 amide bonds. The van der Waals surface area contributed by atoms with E-state index in [2.05, 4.69) is 0 Å². The number of hydrogen-bond donors (Lipinski definition) is 1. The summed E-state index contributed by atoms with van der Waals surface area (Å²) < 4.78 is 0. The first-order valence-electron chi connectivity index (χ1n) is 2.30. The van der Waals surface area contributed by atoms with Crippen LogP contribution in [0.1, 0.15) is 0 Å². The Morgan fingerprint density at radius 2 is 2.56 bits per heavy atom. The van der Waals surface area contributed by atoms with E-state index >= 15 is 0 Å². The summed E-state index contributed by atoms with van der Waals surface area (Å²) in [7, 11) is 3.12. The van der Waals surface area contributed by atoms with Crippen molar-refractivity contribution in [3.8, 4) is 0 Å². The van der Waals surface area contributed by atoms with Gasteiger partial charge in [0.2, 0.25) is 5.91 Å². The molecule has 0 fully saturated rings. The molecule has 0 saturated carbocycles. The van der Waals surface area contributed by atoms with Crippen molar-refractivity contribution in [3.05, 3.63) is 22.5 Å². The molecule has 0 saturated heterocycles. The summed E-state index contributed by atoms with van der Waals surface area (Å²) >= 11 is 0. The first-order chi connectivity index (χ1) is 4.29. The fraction of sp³-hybridized carbons (Fsp3) is 0. The summed E-state index contributed by atoms with van der Waals surface area (Å²) in [5, 5.41) is 1.92. The van der Waals surface area contributed by atoms with Crippen LogP contribution in [0.2, 0.25) is 0 Å². The molecular weight excluding hydrogens is 154 g/mol. The summed E-state index contributed by atoms with van der Waals surface area (Å²) in [6, 6.07) is 0. The number of carbonyl (C=O) groups excluding carboxylic acids is 1. The quantitative estimate of drug-likeness (QED) is 0.462. The summed E-state index contributed by atoms with van der Waals surface area (Å²) in [4.78, 5) is 11.2. The predicted octanol–water partition coefficient (Wildman–Crippen LogP) is 1.26. The molecule has 2 N–H and O–H groups in total. The number of carbonyl (C=O) groups is 1. The third kappa shape index (κ3) is 2.15. The second kappa shape index (κ2) is 2.98. The van der Waals surface area contributed by atoms with Crippen LogP contribution in [0.5, 0.6) is 0 Å². The van der Waals surface area contributed by atoms with Gasteiger partial charge in [-0.3, -0.25) is 4.79 Å². The lowest BCUT2D eigenvalue weighted by atomic mass is 10.5. The van der Waals surface area contributed by atoms with Crippen molar-refractivity contribution in [1.82, 2.24) is 0 Å². The van der Waals surface area contributed by atoms with Crippen LogP contribution in [0.4, 0.5) is 0 Å². The van der Waals surface area contributed by atoms with Crippen LogP contribution in [0.15, 0.2) is 22.5 Å². The van der Waals surface area contributed by atoms with E-state index in [0.29, 0.717) is 0 Å². The first-order valence-corrected chi connectivity index (χ1v) is 4.51. The maximum Gasteiger partial charge on any atom is 0.242 e. The summed E-state index contributed by atoms with van der Waals surface area (Å²) in [5.41, 5.74) is 4.90. The van der Waals surface area contributed by atoms with Crippen LogP contribution < -0.4 is 5.73 Å². The maximum atomic E-state index is 10.2. The molecule has 1 aliphatic rings. The van der Waals surface area contributed by atoms with Crippen LogP contribution in [-0.4, -0.2) is 5.91 Å². The standard InChI is InChI=1S/C5H5NOS2/c6-5(7)3-4-1-2-8-9-4/h1-3H,(H2,6,7). The van der Waals surface area contributed by atoms with E-state index in [1.165, 1.54) is 16.9 Å². The molecule has 0 radical (unpaired) electrons. The van der Waals surface area contributed by atoms with Crippen molar-refractivity contribution >= 4 is 27.5 Å². The largest absolute Gasteiger partial charge is 0.366 e. The van der Waals surface area contributed by atoms with Crippen LogP contribution in [0.3, 0.4) is 0 Å². The van der Waals surface area contributed by atoms with Crippen LogP contribution in [0, 0.1) is 0 Å². The topological polar surface area (TPSA) is 43.1 Å². The molecule has 0 aromatic rings. The Morgan fingerprint density at radius 1 is 1.78 bits per heavy atom. The highest BCUT2D eigenvalue weighted by Gasteiger charge is 2.00. The van der Waals surface area contributed by atoms with Gasteiger partial charge in [0.15, 0.2) is 0 Å². The number of rotatable bonds is 1. The van der Waals surface area contributed by atoms with Gasteiger partial charge >= 0.3 is 0 Å². The Kier molecular flexibility index (Phi) is 2.24. The van der Waals surface area contributed by atoms with Crippen LogP contribution in [-0.2, 0) is 4.79 Å². The third-order valence-electron chi connectivity index (χ3n) is 0.717. The highest BCUT2D eigenvalue weighted by Crippen LogP contribution is 2.38. The fourth-order valence-corrected chi connectivity index (χ4v) is 2.14. The SMILES string of the molecule is NC(=O)C=C1C=CSS1. The van der Waals surface area contributed by atoms with Crippen molar-refractivity contribution in [1.29, 1.82) is 0 Å². The van der Waals surface area contributed by atoms with Gasteiger partial charge in [-0.15, -0.1) is 0 Å². The summed E-state index contributed by atoms with van der Waals surface area (Å²) in [6.45, 7) is 0. The Balaban J connectivity index is 2.61. The molecule has 1 aliphatic heterocycles. The van der Waals surface area contributed by atoms with Crippen LogP contribution >= 0.6 is 21.6 Å². The number of nitrogens with two attached hydrogens (primary N) is 1. The maximum absolute atomic E-state index is 10.2. The molecule has 1 heterocycles. The zero-order valence-corrected chi connectivity index (χ0v) is 6.17. The lowest BCUT2D eigenvalue weighted by Gasteiger charge is -1.85. The molecular formula is C5H5NOS2. The normalized spacial score (nSPS) is 21.1. The average Bonchev–Trinajstić information content (AvgIpc) is 2.15. The Hall–Kier alpha value is -0.350. The Morgan fingerprint density at radius 3 is 3.00 bits per heavy atom. The van der Waals surface area contributed by atoms with Gasteiger partial charge in [0.05, 0.1) is 0 Å². The molecule has 9 heavy (non-hydrogen) atoms. The lowest BCUT2D eigenvalue weighted by Crippen LogP contribution is -2.05. The summed E-state index contributed by atoms with van der Waals surface area (Å²) in [5.74, 6) is -0.385. The van der Waals surface area contributed by atoms with Gasteiger partial charge in [0, 0.05) is 11.0 Å². The zero-order valence-electron chi connectivity index (χ0n) is 4.53. The van der Waals surface area contributed by atoms with Gasteiger partial charge in [-0.2, -0.15) is 0 Å². The molecule has 2 nitrogen and oxygen atoms in total. The van der Waals surface area contributed by atoms with Crippen molar-refractivity contribution < 1.29 is 4.79 Å². The van der Waals surface area contributed by atoms with Gasteiger partial charge in [-0.25, -0.2) is 0 Å². The zero-order chi connectivity index (χ0) is 6.69. The van der Waals surface area contributed by atoms with Crippen molar-refractivity contribution in [2.24, 2.45) is 5.73 Å². The molecule has 0 atom stereocenters. The highest BCUT2D eigenvalue weighted by molar-refractivity contribution is 8.79. The average molecular weight is 159 g/mol. The first kappa shape index (κ1) is 6.77. The number of hydrogen-bond acceptors (Lipinski definition) is 3. The highest BCUT2D eigenvalue weighted by atomic mass is 33.1. The van der Waals surface area contributed by atoms with Crippen LogP contribution in [0.25, 0.3) is 0 Å². The van der Waals surface area contributed by atoms with Gasteiger partial charge in [-0.05, 0) is 11.5 Å². The smallest absolute Gasteiger partial charge is 0.242 e. The van der Waals surface area contributed by atoms with Gasteiger partial charge in [0.1, 0.15) is 0 Å². The minimum absolute atomic E-state index is 0.385. The number of primary amides is 1. The molecule has 0 aromatic heterocycles. The van der Waals surface area contributed by atoms with Gasteiger partial charge in [-0.1, -0.05) is 21.6 Å². The Bertz CT molecular complexity index is 185. The molecule has 0 bridgehead atoms. The van der Waals surface area contributed by atoms with Gasteiger partial charge < -0.3 is 5.73 Å². The molecule has 1 rings (SSSR count).